The Balaban J connectivity index is 2.54. The first-order valence-corrected chi connectivity index (χ1v) is 4.86. The molecule has 92 valence electrons. The Labute approximate surface area is 97.5 Å². The van der Waals surface area contributed by atoms with Crippen molar-refractivity contribution in [3.05, 3.63) is 24.0 Å². The number of nitrogens with zero attached hydrogens (tertiary/aromatic N) is 1. The largest absolute Gasteiger partial charge is 0.480 e. The van der Waals surface area contributed by atoms with Crippen molar-refractivity contribution in [2.75, 3.05) is 11.9 Å². The van der Waals surface area contributed by atoms with Crippen molar-refractivity contribution >= 4 is 17.7 Å². The van der Waals surface area contributed by atoms with E-state index in [1.165, 1.54) is 6.20 Å². The van der Waals surface area contributed by atoms with Crippen LogP contribution in [-0.2, 0) is 4.79 Å². The van der Waals surface area contributed by atoms with Crippen molar-refractivity contribution in [2.45, 2.75) is 13.0 Å². The number of aliphatic hydroxyl groups excluding tert-OH is 1. The van der Waals surface area contributed by atoms with E-state index in [9.17, 15) is 9.59 Å². The summed E-state index contributed by atoms with van der Waals surface area (Å²) in [6.07, 6.45) is 1.45. The van der Waals surface area contributed by atoms with Crippen LogP contribution in [0.3, 0.4) is 0 Å². The van der Waals surface area contributed by atoms with Crippen molar-refractivity contribution in [1.29, 1.82) is 0 Å². The minimum Gasteiger partial charge on any atom is -0.480 e. The number of hydrogen-bond donors (Lipinski definition) is 4. The number of rotatable bonds is 4. The lowest BCUT2D eigenvalue weighted by Crippen LogP contribution is -2.45. The first kappa shape index (κ1) is 12.9. The molecule has 4 N–H and O–H groups in total. The SMILES string of the molecule is Cc1ccc(NC(=O)N[C@H](CO)C(=O)O)cn1. The van der Waals surface area contributed by atoms with Gasteiger partial charge in [0.2, 0.25) is 0 Å². The number of anilines is 1. The van der Waals surface area contributed by atoms with E-state index in [0.717, 1.165) is 5.69 Å². The molecule has 1 atom stereocenters. The van der Waals surface area contributed by atoms with E-state index >= 15 is 0 Å². The number of carboxylic acid groups (broad SMARTS) is 1. The highest BCUT2D eigenvalue weighted by atomic mass is 16.4. The molecule has 0 aromatic carbocycles. The Hall–Kier alpha value is -2.15. The van der Waals surface area contributed by atoms with Crippen LogP contribution in [0.25, 0.3) is 0 Å². The molecule has 0 fully saturated rings. The fourth-order valence-electron chi connectivity index (χ4n) is 1.05. The topological polar surface area (TPSA) is 112 Å². The lowest BCUT2D eigenvalue weighted by molar-refractivity contribution is -0.140. The third-order valence-corrected chi connectivity index (χ3v) is 1.96. The molecule has 0 aliphatic carbocycles. The van der Waals surface area contributed by atoms with Crippen molar-refractivity contribution in [3.8, 4) is 0 Å². The molecule has 0 unspecified atom stereocenters. The van der Waals surface area contributed by atoms with E-state index in [2.05, 4.69) is 15.6 Å². The van der Waals surface area contributed by atoms with Gasteiger partial charge in [-0.3, -0.25) is 4.98 Å². The summed E-state index contributed by atoms with van der Waals surface area (Å²) < 4.78 is 0. The standard InChI is InChI=1S/C10H13N3O4/c1-6-2-3-7(4-11-6)12-10(17)13-8(5-14)9(15)16/h2-4,8,14H,5H2,1H3,(H,15,16)(H2,12,13,17)/t8-/m1/s1. The highest BCUT2D eigenvalue weighted by Gasteiger charge is 2.18. The second-order valence-corrected chi connectivity index (χ2v) is 3.36. The summed E-state index contributed by atoms with van der Waals surface area (Å²) >= 11 is 0. The molecule has 0 radical (unpaired) electrons. The molecule has 1 aromatic heterocycles. The van der Waals surface area contributed by atoms with E-state index < -0.39 is 24.6 Å². The van der Waals surface area contributed by atoms with Gasteiger partial charge in [-0.25, -0.2) is 9.59 Å². The van der Waals surface area contributed by atoms with Gasteiger partial charge in [0.1, 0.15) is 0 Å². The number of carbonyl (C=O) groups excluding carboxylic acids is 1. The number of aromatic nitrogens is 1. The molecule has 0 aliphatic heterocycles. The van der Waals surface area contributed by atoms with E-state index in [1.54, 1.807) is 19.1 Å². The molecule has 0 aliphatic rings. The van der Waals surface area contributed by atoms with Crippen molar-refractivity contribution < 1.29 is 19.8 Å². The maximum atomic E-state index is 11.3. The summed E-state index contributed by atoms with van der Waals surface area (Å²) in [6, 6.07) is 1.30. The van der Waals surface area contributed by atoms with Gasteiger partial charge in [-0.2, -0.15) is 0 Å². The minimum atomic E-state index is -1.33. The van der Waals surface area contributed by atoms with E-state index in [0.29, 0.717) is 5.69 Å². The van der Waals surface area contributed by atoms with Crippen LogP contribution in [-0.4, -0.2) is 39.8 Å². The summed E-state index contributed by atoms with van der Waals surface area (Å²) in [5.41, 5.74) is 1.24. The van der Waals surface area contributed by atoms with Crippen LogP contribution < -0.4 is 10.6 Å². The number of hydrogen-bond acceptors (Lipinski definition) is 4. The van der Waals surface area contributed by atoms with E-state index in [1.807, 2.05) is 0 Å². The fraction of sp³-hybridized carbons (Fsp3) is 0.300. The van der Waals surface area contributed by atoms with E-state index in [4.69, 9.17) is 10.2 Å². The van der Waals surface area contributed by atoms with Crippen LogP contribution in [0.5, 0.6) is 0 Å². The molecule has 7 nitrogen and oxygen atoms in total. The van der Waals surface area contributed by atoms with Gasteiger partial charge in [-0.05, 0) is 19.1 Å². The molecule has 1 heterocycles. The number of aliphatic hydroxyl groups is 1. The average Bonchev–Trinajstić information content (AvgIpc) is 2.28. The number of aryl methyl sites for hydroxylation is 1. The first-order chi connectivity index (χ1) is 8.02. The minimum absolute atomic E-state index is 0.440. The van der Waals surface area contributed by atoms with Gasteiger partial charge in [0, 0.05) is 5.69 Å². The molecule has 2 amide bonds. The predicted octanol–water partition coefficient (Wildman–Crippen LogP) is -0.0430. The highest BCUT2D eigenvalue weighted by molar-refractivity contribution is 5.92. The zero-order chi connectivity index (χ0) is 12.8. The number of pyridine rings is 1. The Morgan fingerprint density at radius 1 is 1.47 bits per heavy atom. The zero-order valence-corrected chi connectivity index (χ0v) is 9.17. The maximum Gasteiger partial charge on any atom is 0.328 e. The number of carbonyl (C=O) groups is 2. The summed E-state index contributed by atoms with van der Waals surface area (Å²) in [4.78, 5) is 25.9. The molecular formula is C10H13N3O4. The van der Waals surface area contributed by atoms with Crippen LogP contribution in [0, 0.1) is 6.92 Å². The number of aliphatic carboxylic acids is 1. The summed E-state index contributed by atoms with van der Waals surface area (Å²) in [5.74, 6) is -1.30. The van der Waals surface area contributed by atoms with Gasteiger partial charge >= 0.3 is 12.0 Å². The number of nitrogens with one attached hydrogen (secondary N) is 2. The Kier molecular flexibility index (Phi) is 4.41. The number of carboxylic acids is 1. The van der Waals surface area contributed by atoms with Crippen LogP contribution in [0.2, 0.25) is 0 Å². The lowest BCUT2D eigenvalue weighted by atomic mass is 10.3. The summed E-state index contributed by atoms with van der Waals surface area (Å²) in [7, 11) is 0. The highest BCUT2D eigenvalue weighted by Crippen LogP contribution is 2.04. The molecule has 1 rings (SSSR count). The normalized spacial score (nSPS) is 11.6. The molecule has 0 bridgehead atoms. The van der Waals surface area contributed by atoms with Crippen LogP contribution in [0.15, 0.2) is 18.3 Å². The molecule has 1 aromatic rings. The summed E-state index contributed by atoms with van der Waals surface area (Å²) in [6.45, 7) is 1.13. The first-order valence-electron chi connectivity index (χ1n) is 4.86. The smallest absolute Gasteiger partial charge is 0.328 e. The average molecular weight is 239 g/mol. The quantitative estimate of drug-likeness (QED) is 0.589. The van der Waals surface area contributed by atoms with Crippen molar-refractivity contribution in [2.24, 2.45) is 0 Å². The molecular weight excluding hydrogens is 226 g/mol. The van der Waals surface area contributed by atoms with Crippen LogP contribution in [0.1, 0.15) is 5.69 Å². The Morgan fingerprint density at radius 3 is 2.65 bits per heavy atom. The van der Waals surface area contributed by atoms with Crippen molar-refractivity contribution in [1.82, 2.24) is 10.3 Å². The third kappa shape index (κ3) is 4.07. The molecule has 0 saturated carbocycles. The lowest BCUT2D eigenvalue weighted by Gasteiger charge is -2.12. The number of urea groups is 1. The molecule has 0 saturated heterocycles. The maximum absolute atomic E-state index is 11.3. The summed E-state index contributed by atoms with van der Waals surface area (Å²) in [5, 5.41) is 21.8. The Morgan fingerprint density at radius 2 is 2.18 bits per heavy atom. The monoisotopic (exact) mass is 239 g/mol. The Bertz CT molecular complexity index is 405. The van der Waals surface area contributed by atoms with Gasteiger partial charge in [-0.15, -0.1) is 0 Å². The van der Waals surface area contributed by atoms with Crippen LogP contribution >= 0.6 is 0 Å². The predicted molar refractivity (Wildman–Crippen MR) is 59.6 cm³/mol. The fourth-order valence-corrected chi connectivity index (χ4v) is 1.05. The van der Waals surface area contributed by atoms with Crippen molar-refractivity contribution in [3.63, 3.8) is 0 Å². The van der Waals surface area contributed by atoms with Crippen LogP contribution in [0.4, 0.5) is 10.5 Å². The molecule has 0 spiro atoms. The van der Waals surface area contributed by atoms with Gasteiger partial charge in [-0.1, -0.05) is 0 Å². The second-order valence-electron chi connectivity index (χ2n) is 3.36. The van der Waals surface area contributed by atoms with Gasteiger partial charge in [0.05, 0.1) is 18.5 Å². The van der Waals surface area contributed by atoms with Gasteiger partial charge in [0.25, 0.3) is 0 Å². The third-order valence-electron chi connectivity index (χ3n) is 1.96. The van der Waals surface area contributed by atoms with Gasteiger partial charge in [0.15, 0.2) is 6.04 Å². The second kappa shape index (κ2) is 5.80. The molecule has 7 heteroatoms. The van der Waals surface area contributed by atoms with Gasteiger partial charge < -0.3 is 20.8 Å². The molecule has 17 heavy (non-hydrogen) atoms. The van der Waals surface area contributed by atoms with E-state index in [-0.39, 0.29) is 0 Å². The number of amides is 2. The zero-order valence-electron chi connectivity index (χ0n) is 9.17.